The van der Waals surface area contributed by atoms with Gasteiger partial charge in [0.05, 0.1) is 20.1 Å². The minimum atomic E-state index is -0.753. The average Bonchev–Trinajstić information content (AvgIpc) is 2.67. The van der Waals surface area contributed by atoms with E-state index >= 15 is 0 Å². The zero-order valence-corrected chi connectivity index (χ0v) is 16.0. The van der Waals surface area contributed by atoms with Gasteiger partial charge in [-0.1, -0.05) is 44.2 Å². The monoisotopic (exact) mass is 375 g/mol. The standard InChI is InChI=1S/C20H25NO6/c1-20(2)14(10-15(20)17(22)25-3)11-16(18(23)26-4)21-19(24)27-12-13-8-6-5-7-9-13/h5-9,11,14-15H,10,12H2,1-4H3,(H,21,24)/b16-11-/t14-,15+/m1/s1. The van der Waals surface area contributed by atoms with E-state index in [0.717, 1.165) is 5.56 Å². The quantitative estimate of drug-likeness (QED) is 0.467. The summed E-state index contributed by atoms with van der Waals surface area (Å²) in [5.41, 5.74) is 0.427. The second-order valence-electron chi connectivity index (χ2n) is 7.00. The van der Waals surface area contributed by atoms with Crippen molar-refractivity contribution in [2.24, 2.45) is 17.3 Å². The predicted octanol–water partition coefficient (Wildman–Crippen LogP) is 2.81. The molecular weight excluding hydrogens is 350 g/mol. The molecule has 0 unspecified atom stereocenters. The molecule has 0 spiro atoms. The molecule has 0 bridgehead atoms. The number of hydrogen-bond donors (Lipinski definition) is 1. The Kier molecular flexibility index (Phi) is 6.60. The molecule has 0 saturated heterocycles. The fourth-order valence-corrected chi connectivity index (χ4v) is 3.13. The number of allylic oxidation sites excluding steroid dienone is 1. The summed E-state index contributed by atoms with van der Waals surface area (Å²) in [5, 5.41) is 2.44. The molecule has 1 fully saturated rings. The lowest BCUT2D eigenvalue weighted by atomic mass is 9.54. The first kappa shape index (κ1) is 20.5. The van der Waals surface area contributed by atoms with Gasteiger partial charge < -0.3 is 14.2 Å². The molecule has 1 saturated carbocycles. The van der Waals surface area contributed by atoms with Crippen LogP contribution in [-0.4, -0.2) is 32.3 Å². The molecule has 7 heteroatoms. The van der Waals surface area contributed by atoms with Gasteiger partial charge in [-0.3, -0.25) is 10.1 Å². The van der Waals surface area contributed by atoms with E-state index in [1.165, 1.54) is 14.2 Å². The van der Waals surface area contributed by atoms with Crippen LogP contribution >= 0.6 is 0 Å². The normalized spacial score (nSPS) is 20.8. The fraction of sp³-hybridized carbons (Fsp3) is 0.450. The first-order chi connectivity index (χ1) is 12.8. The lowest BCUT2D eigenvalue weighted by molar-refractivity contribution is -0.159. The molecule has 1 amide bonds. The summed E-state index contributed by atoms with van der Waals surface area (Å²) >= 11 is 0. The Morgan fingerprint density at radius 2 is 1.81 bits per heavy atom. The van der Waals surface area contributed by atoms with Crippen LogP contribution in [0, 0.1) is 17.3 Å². The second-order valence-corrected chi connectivity index (χ2v) is 7.00. The number of amides is 1. The van der Waals surface area contributed by atoms with Gasteiger partial charge in [0, 0.05) is 0 Å². The highest BCUT2D eigenvalue weighted by atomic mass is 16.6. The highest BCUT2D eigenvalue weighted by Crippen LogP contribution is 2.52. The number of alkyl carbamates (subject to hydrolysis) is 1. The maximum Gasteiger partial charge on any atom is 0.412 e. The summed E-state index contributed by atoms with van der Waals surface area (Å²) in [6, 6.07) is 9.20. The number of methoxy groups -OCH3 is 2. The van der Waals surface area contributed by atoms with E-state index < -0.39 is 17.5 Å². The Morgan fingerprint density at radius 1 is 1.15 bits per heavy atom. The van der Waals surface area contributed by atoms with Crippen molar-refractivity contribution in [2.45, 2.75) is 26.9 Å². The molecule has 1 aromatic carbocycles. The van der Waals surface area contributed by atoms with Crippen LogP contribution in [0.5, 0.6) is 0 Å². The van der Waals surface area contributed by atoms with Crippen LogP contribution in [0.4, 0.5) is 4.79 Å². The van der Waals surface area contributed by atoms with Gasteiger partial charge in [-0.25, -0.2) is 9.59 Å². The molecular formula is C20H25NO6. The molecule has 7 nitrogen and oxygen atoms in total. The molecule has 146 valence electrons. The van der Waals surface area contributed by atoms with E-state index in [4.69, 9.17) is 14.2 Å². The molecule has 1 aromatic rings. The zero-order valence-electron chi connectivity index (χ0n) is 16.0. The summed E-state index contributed by atoms with van der Waals surface area (Å²) in [5.74, 6) is -1.30. The van der Waals surface area contributed by atoms with Crippen molar-refractivity contribution in [3.8, 4) is 0 Å². The van der Waals surface area contributed by atoms with Gasteiger partial charge in [0.25, 0.3) is 0 Å². The van der Waals surface area contributed by atoms with Crippen LogP contribution in [0.3, 0.4) is 0 Å². The molecule has 1 aliphatic carbocycles. The third kappa shape index (κ3) is 4.87. The number of carbonyl (C=O) groups is 3. The van der Waals surface area contributed by atoms with Gasteiger partial charge in [-0.2, -0.15) is 0 Å². The largest absolute Gasteiger partial charge is 0.469 e. The topological polar surface area (TPSA) is 90.9 Å². The van der Waals surface area contributed by atoms with Crippen molar-refractivity contribution in [1.29, 1.82) is 0 Å². The molecule has 0 heterocycles. The van der Waals surface area contributed by atoms with Crippen LogP contribution in [0.2, 0.25) is 0 Å². The molecule has 0 aliphatic heterocycles. The molecule has 2 rings (SSSR count). The second kappa shape index (κ2) is 8.70. The Balaban J connectivity index is 2.03. The molecule has 2 atom stereocenters. The predicted molar refractivity (Wildman–Crippen MR) is 97.3 cm³/mol. The number of hydrogen-bond acceptors (Lipinski definition) is 6. The number of benzene rings is 1. The van der Waals surface area contributed by atoms with Crippen LogP contribution in [0.15, 0.2) is 42.1 Å². The van der Waals surface area contributed by atoms with Crippen LogP contribution in [0.25, 0.3) is 0 Å². The summed E-state index contributed by atoms with van der Waals surface area (Å²) in [4.78, 5) is 35.9. The highest BCUT2D eigenvalue weighted by Gasteiger charge is 2.51. The van der Waals surface area contributed by atoms with Crippen molar-refractivity contribution < 1.29 is 28.6 Å². The Morgan fingerprint density at radius 3 is 2.37 bits per heavy atom. The van der Waals surface area contributed by atoms with E-state index in [2.05, 4.69) is 5.32 Å². The summed E-state index contributed by atoms with van der Waals surface area (Å²) in [6.45, 7) is 3.92. The van der Waals surface area contributed by atoms with E-state index in [9.17, 15) is 14.4 Å². The third-order valence-corrected chi connectivity index (χ3v) is 5.05. The highest BCUT2D eigenvalue weighted by molar-refractivity contribution is 5.92. The maximum absolute atomic E-state index is 12.1. The van der Waals surface area contributed by atoms with E-state index in [-0.39, 0.29) is 30.1 Å². The van der Waals surface area contributed by atoms with Gasteiger partial charge in [0.2, 0.25) is 0 Å². The maximum atomic E-state index is 12.1. The SMILES string of the molecule is COC(=O)/C(=C/[C@H]1C[C@@H](C(=O)OC)C1(C)C)NC(=O)OCc1ccccc1. The Bertz CT molecular complexity index is 725. The zero-order chi connectivity index (χ0) is 20.0. The molecule has 1 N–H and O–H groups in total. The van der Waals surface area contributed by atoms with Crippen molar-refractivity contribution in [3.63, 3.8) is 0 Å². The number of nitrogens with one attached hydrogen (secondary N) is 1. The van der Waals surface area contributed by atoms with Gasteiger partial charge in [-0.15, -0.1) is 0 Å². The molecule has 1 aliphatic rings. The fourth-order valence-electron chi connectivity index (χ4n) is 3.13. The molecule has 27 heavy (non-hydrogen) atoms. The number of esters is 2. The van der Waals surface area contributed by atoms with E-state index in [1.54, 1.807) is 6.08 Å². The van der Waals surface area contributed by atoms with E-state index in [0.29, 0.717) is 6.42 Å². The minimum Gasteiger partial charge on any atom is -0.469 e. The summed E-state index contributed by atoms with van der Waals surface area (Å²) in [7, 11) is 2.59. The van der Waals surface area contributed by atoms with Crippen molar-refractivity contribution in [1.82, 2.24) is 5.32 Å². The average molecular weight is 375 g/mol. The lowest BCUT2D eigenvalue weighted by Gasteiger charge is -2.49. The first-order valence-electron chi connectivity index (χ1n) is 8.65. The van der Waals surface area contributed by atoms with Gasteiger partial charge >= 0.3 is 18.0 Å². The Labute approximate surface area is 158 Å². The minimum absolute atomic E-state index is 0.00282. The van der Waals surface area contributed by atoms with Crippen molar-refractivity contribution in [2.75, 3.05) is 14.2 Å². The Hall–Kier alpha value is -2.83. The van der Waals surface area contributed by atoms with Crippen LogP contribution in [-0.2, 0) is 30.4 Å². The number of ether oxygens (including phenoxy) is 3. The van der Waals surface area contributed by atoms with E-state index in [1.807, 2.05) is 44.2 Å². The number of rotatable bonds is 6. The summed E-state index contributed by atoms with van der Waals surface area (Å²) in [6.07, 6.45) is 1.40. The lowest BCUT2D eigenvalue weighted by Crippen LogP contribution is -2.49. The third-order valence-electron chi connectivity index (χ3n) is 5.05. The van der Waals surface area contributed by atoms with Crippen molar-refractivity contribution in [3.05, 3.63) is 47.7 Å². The smallest absolute Gasteiger partial charge is 0.412 e. The molecule has 0 aromatic heterocycles. The van der Waals surface area contributed by atoms with Crippen LogP contribution < -0.4 is 5.32 Å². The van der Waals surface area contributed by atoms with Crippen molar-refractivity contribution >= 4 is 18.0 Å². The van der Waals surface area contributed by atoms with Gasteiger partial charge in [-0.05, 0) is 29.4 Å². The van der Waals surface area contributed by atoms with Crippen LogP contribution in [0.1, 0.15) is 25.8 Å². The van der Waals surface area contributed by atoms with Gasteiger partial charge in [0.1, 0.15) is 12.3 Å². The molecule has 0 radical (unpaired) electrons. The van der Waals surface area contributed by atoms with Gasteiger partial charge in [0.15, 0.2) is 0 Å². The summed E-state index contributed by atoms with van der Waals surface area (Å²) < 4.78 is 14.7. The number of carbonyl (C=O) groups excluding carboxylic acids is 3. The first-order valence-corrected chi connectivity index (χ1v) is 8.65.